The Balaban J connectivity index is 1.85. The number of hydrogen-bond acceptors (Lipinski definition) is 6. The number of carbonyl (C=O) groups is 2. The molecule has 0 radical (unpaired) electrons. The van der Waals surface area contributed by atoms with E-state index in [1.807, 2.05) is 19.1 Å². The van der Waals surface area contributed by atoms with Crippen LogP contribution in [-0.2, 0) is 0 Å². The summed E-state index contributed by atoms with van der Waals surface area (Å²) in [4.78, 5) is 33.9. The van der Waals surface area contributed by atoms with Gasteiger partial charge in [-0.05, 0) is 17.9 Å². The molecule has 1 heterocycles. The van der Waals surface area contributed by atoms with Gasteiger partial charge in [0.15, 0.2) is 5.16 Å². The largest absolute Gasteiger partial charge is 0.446 e. The van der Waals surface area contributed by atoms with Gasteiger partial charge in [-0.25, -0.2) is 4.98 Å². The second kappa shape index (κ2) is 9.66. The van der Waals surface area contributed by atoms with Crippen LogP contribution in [0.5, 0.6) is 5.88 Å². The number of aromatic nitrogens is 2. The molecule has 28 heavy (non-hydrogen) atoms. The number of Topliss-reactive ketones (excluding diaryl/α,β-unsaturated/α-hetero) is 1. The number of hydrogen-bond donors (Lipinski definition) is 1. The smallest absolute Gasteiger partial charge is 0.254 e. The van der Waals surface area contributed by atoms with Gasteiger partial charge in [-0.15, -0.1) is 0 Å². The number of carbonyl (C=O) groups excluding carboxylic acids is 2. The summed E-state index contributed by atoms with van der Waals surface area (Å²) >= 11 is 1.46. The molecule has 0 fully saturated rings. The van der Waals surface area contributed by atoms with Gasteiger partial charge >= 0.3 is 0 Å². The van der Waals surface area contributed by atoms with Gasteiger partial charge in [0.2, 0.25) is 17.9 Å². The molecule has 0 spiro atoms. The topological polar surface area (TPSA) is 81.2 Å². The zero-order chi connectivity index (χ0) is 19.8. The molecule has 7 heteroatoms. The molecule has 3 aromatic rings. The van der Waals surface area contributed by atoms with Crippen molar-refractivity contribution in [1.82, 2.24) is 15.3 Å². The number of rotatable bonds is 8. The minimum Gasteiger partial charge on any atom is -0.446 e. The van der Waals surface area contributed by atoms with E-state index in [1.165, 1.54) is 11.8 Å². The average molecular weight is 393 g/mol. The number of nitrogens with one attached hydrogen (secondary N) is 1. The highest BCUT2D eigenvalue weighted by molar-refractivity contribution is 7.99. The summed E-state index contributed by atoms with van der Waals surface area (Å²) in [6.07, 6.45) is 0.341. The highest BCUT2D eigenvalue weighted by Crippen LogP contribution is 2.17. The van der Waals surface area contributed by atoms with E-state index >= 15 is 0 Å². The molecule has 0 saturated heterocycles. The first-order valence-corrected chi connectivity index (χ1v) is 9.73. The monoisotopic (exact) mass is 393 g/mol. The third-order valence-corrected chi connectivity index (χ3v) is 4.46. The summed E-state index contributed by atoms with van der Waals surface area (Å²) in [6, 6.07) is 18.9. The second-order valence-electron chi connectivity index (χ2n) is 5.68. The lowest BCUT2D eigenvalue weighted by Gasteiger charge is -2.19. The second-order valence-corrected chi connectivity index (χ2v) is 6.91. The highest BCUT2D eigenvalue weighted by atomic mass is 32.2. The maximum Gasteiger partial charge on any atom is 0.254 e. The number of thioether (sulfide) groups is 1. The van der Waals surface area contributed by atoms with Crippen molar-refractivity contribution in [2.75, 3.05) is 5.75 Å². The molecule has 0 aliphatic heterocycles. The van der Waals surface area contributed by atoms with Crippen molar-refractivity contribution in [2.24, 2.45) is 0 Å². The van der Waals surface area contributed by atoms with Crippen LogP contribution in [0.25, 0.3) is 0 Å². The first-order chi connectivity index (χ1) is 13.7. The van der Waals surface area contributed by atoms with E-state index in [9.17, 15) is 9.59 Å². The molecule has 6 nitrogen and oxygen atoms in total. The van der Waals surface area contributed by atoms with E-state index in [0.29, 0.717) is 16.3 Å². The van der Waals surface area contributed by atoms with Crippen LogP contribution in [-0.4, -0.2) is 33.6 Å². The number of amides is 1. The predicted molar refractivity (Wildman–Crippen MR) is 108 cm³/mol. The van der Waals surface area contributed by atoms with Crippen LogP contribution in [0.15, 0.2) is 78.1 Å². The Hall–Kier alpha value is -3.19. The Morgan fingerprint density at radius 3 is 2.29 bits per heavy atom. The summed E-state index contributed by atoms with van der Waals surface area (Å²) in [7, 11) is 0. The first kappa shape index (κ1) is 19.6. The molecule has 1 aromatic heterocycles. The Morgan fingerprint density at radius 2 is 1.64 bits per heavy atom. The average Bonchev–Trinajstić information content (AvgIpc) is 2.74. The van der Waals surface area contributed by atoms with Crippen LogP contribution < -0.4 is 10.1 Å². The van der Waals surface area contributed by atoms with Crippen molar-refractivity contribution in [3.8, 4) is 5.88 Å². The summed E-state index contributed by atoms with van der Waals surface area (Å²) in [5, 5.41) is 3.20. The fourth-order valence-electron chi connectivity index (χ4n) is 2.40. The summed E-state index contributed by atoms with van der Waals surface area (Å²) in [5.41, 5.74) is 0.861. The lowest BCUT2D eigenvalue weighted by molar-refractivity contribution is 0.0648. The van der Waals surface area contributed by atoms with Crippen LogP contribution in [0.1, 0.15) is 27.6 Å². The van der Waals surface area contributed by atoms with Gasteiger partial charge in [0.05, 0.1) is 0 Å². The molecule has 0 saturated carbocycles. The predicted octanol–water partition coefficient (Wildman–Crippen LogP) is 3.61. The van der Waals surface area contributed by atoms with Crippen LogP contribution >= 0.6 is 11.8 Å². The molecule has 0 aliphatic carbocycles. The zero-order valence-electron chi connectivity index (χ0n) is 15.2. The van der Waals surface area contributed by atoms with Crippen LogP contribution in [0.3, 0.4) is 0 Å². The molecular formula is C21H19N3O3S. The zero-order valence-corrected chi connectivity index (χ0v) is 16.1. The van der Waals surface area contributed by atoms with Crippen molar-refractivity contribution in [2.45, 2.75) is 18.3 Å². The van der Waals surface area contributed by atoms with Crippen molar-refractivity contribution in [1.29, 1.82) is 0 Å². The van der Waals surface area contributed by atoms with Crippen molar-refractivity contribution < 1.29 is 14.3 Å². The first-order valence-electron chi connectivity index (χ1n) is 8.75. The van der Waals surface area contributed by atoms with Crippen molar-refractivity contribution >= 4 is 23.5 Å². The quantitative estimate of drug-likeness (QED) is 0.273. The number of nitrogens with zero attached hydrogens (tertiary/aromatic N) is 2. The molecular weight excluding hydrogens is 374 g/mol. The maximum atomic E-state index is 12.9. The third-order valence-electron chi connectivity index (χ3n) is 3.71. The van der Waals surface area contributed by atoms with Gasteiger partial charge in [0, 0.05) is 23.4 Å². The highest BCUT2D eigenvalue weighted by Gasteiger charge is 2.25. The minimum atomic E-state index is -1.22. The van der Waals surface area contributed by atoms with E-state index < -0.39 is 12.1 Å². The molecule has 2 aromatic carbocycles. The van der Waals surface area contributed by atoms with Gasteiger partial charge in [-0.2, -0.15) is 4.98 Å². The molecule has 142 valence electrons. The lowest BCUT2D eigenvalue weighted by atomic mass is 10.1. The standard InChI is InChI=1S/C21H19N3O3S/c1-2-28-21-22-14-13-17(23-21)27-20(18(25)15-9-5-3-6-10-15)24-19(26)16-11-7-4-8-12-16/h3-14,20H,2H2,1H3,(H,24,26). The fraction of sp³-hybridized carbons (Fsp3) is 0.143. The molecule has 1 amide bonds. The molecule has 1 atom stereocenters. The summed E-state index contributed by atoms with van der Waals surface area (Å²) in [5.74, 6) is 0.245. The number of ether oxygens (including phenoxy) is 1. The van der Waals surface area contributed by atoms with E-state index in [-0.39, 0.29) is 11.7 Å². The van der Waals surface area contributed by atoms with Gasteiger partial charge in [-0.3, -0.25) is 9.59 Å². The Bertz CT molecular complexity index is 936. The maximum absolute atomic E-state index is 12.9. The van der Waals surface area contributed by atoms with Crippen LogP contribution in [0.4, 0.5) is 0 Å². The molecule has 1 unspecified atom stereocenters. The van der Waals surface area contributed by atoms with E-state index in [0.717, 1.165) is 5.75 Å². The summed E-state index contributed by atoms with van der Waals surface area (Å²) in [6.45, 7) is 1.99. The van der Waals surface area contributed by atoms with Crippen molar-refractivity contribution in [3.63, 3.8) is 0 Å². The molecule has 3 rings (SSSR count). The summed E-state index contributed by atoms with van der Waals surface area (Å²) < 4.78 is 5.76. The Kier molecular flexibility index (Phi) is 6.75. The van der Waals surface area contributed by atoms with Crippen molar-refractivity contribution in [3.05, 3.63) is 84.1 Å². The van der Waals surface area contributed by atoms with Gasteiger partial charge in [-0.1, -0.05) is 67.2 Å². The van der Waals surface area contributed by atoms with Crippen LogP contribution in [0, 0.1) is 0 Å². The third kappa shape index (κ3) is 5.17. The fourth-order valence-corrected chi connectivity index (χ4v) is 2.95. The van der Waals surface area contributed by atoms with Gasteiger partial charge < -0.3 is 10.1 Å². The van der Waals surface area contributed by atoms with Gasteiger partial charge in [0.25, 0.3) is 5.91 Å². The lowest BCUT2D eigenvalue weighted by Crippen LogP contribution is -2.45. The van der Waals surface area contributed by atoms with Crippen LogP contribution in [0.2, 0.25) is 0 Å². The van der Waals surface area contributed by atoms with E-state index in [4.69, 9.17) is 4.74 Å². The number of ketones is 1. The Labute approximate surface area is 167 Å². The SMILES string of the molecule is CCSc1nccc(OC(NC(=O)c2ccccc2)C(=O)c2ccccc2)n1. The minimum absolute atomic E-state index is 0.216. The molecule has 1 N–H and O–H groups in total. The Morgan fingerprint density at radius 1 is 1.00 bits per heavy atom. The normalized spacial score (nSPS) is 11.5. The van der Waals surface area contributed by atoms with E-state index in [2.05, 4.69) is 15.3 Å². The molecule has 0 bridgehead atoms. The number of benzene rings is 2. The van der Waals surface area contributed by atoms with Gasteiger partial charge in [0.1, 0.15) is 0 Å². The molecule has 0 aliphatic rings. The van der Waals surface area contributed by atoms with E-state index in [1.54, 1.807) is 60.8 Å².